The molecule has 0 atom stereocenters. The molecule has 2 aromatic rings. The van der Waals surface area contributed by atoms with Gasteiger partial charge < -0.3 is 15.0 Å². The summed E-state index contributed by atoms with van der Waals surface area (Å²) >= 11 is 0. The van der Waals surface area contributed by atoms with E-state index in [-0.39, 0.29) is 24.1 Å². The zero-order valence-corrected chi connectivity index (χ0v) is 10.9. The van der Waals surface area contributed by atoms with E-state index in [9.17, 15) is 9.59 Å². The first kappa shape index (κ1) is 13.1. The molecule has 1 amide bonds. The lowest BCUT2D eigenvalue weighted by Gasteiger charge is -2.11. The van der Waals surface area contributed by atoms with Crippen molar-refractivity contribution in [2.75, 3.05) is 6.61 Å². The third kappa shape index (κ3) is 3.13. The van der Waals surface area contributed by atoms with Crippen LogP contribution < -0.4 is 15.6 Å². The average molecular weight is 260 g/mol. The fourth-order valence-corrected chi connectivity index (χ4v) is 1.83. The lowest BCUT2D eigenvalue weighted by atomic mass is 10.1. The van der Waals surface area contributed by atoms with Crippen molar-refractivity contribution < 1.29 is 9.53 Å². The maximum Gasteiger partial charge on any atom is 0.258 e. The quantitative estimate of drug-likeness (QED) is 0.873. The smallest absolute Gasteiger partial charge is 0.258 e. The molecule has 0 saturated heterocycles. The van der Waals surface area contributed by atoms with Crippen LogP contribution in [0.2, 0.25) is 0 Å². The summed E-state index contributed by atoms with van der Waals surface area (Å²) in [5, 5.41) is 3.98. The van der Waals surface area contributed by atoms with Crippen LogP contribution in [-0.4, -0.2) is 23.5 Å². The normalized spacial score (nSPS) is 10.7. The molecule has 1 heterocycles. The van der Waals surface area contributed by atoms with Gasteiger partial charge >= 0.3 is 0 Å². The first-order valence-corrected chi connectivity index (χ1v) is 6.10. The van der Waals surface area contributed by atoms with Crippen LogP contribution in [-0.2, 0) is 4.79 Å². The molecule has 2 N–H and O–H groups in total. The van der Waals surface area contributed by atoms with Crippen molar-refractivity contribution in [1.29, 1.82) is 0 Å². The van der Waals surface area contributed by atoms with E-state index in [1.807, 2.05) is 13.8 Å². The van der Waals surface area contributed by atoms with Crippen LogP contribution in [0.15, 0.2) is 35.3 Å². The molecule has 0 aliphatic heterocycles. The highest BCUT2D eigenvalue weighted by Crippen LogP contribution is 2.22. The number of ether oxygens (including phenoxy) is 1. The average Bonchev–Trinajstić information content (AvgIpc) is 2.36. The van der Waals surface area contributed by atoms with E-state index in [2.05, 4.69) is 10.3 Å². The van der Waals surface area contributed by atoms with Gasteiger partial charge in [0, 0.05) is 17.6 Å². The van der Waals surface area contributed by atoms with E-state index in [0.29, 0.717) is 16.5 Å². The van der Waals surface area contributed by atoms with Crippen molar-refractivity contribution in [2.45, 2.75) is 19.9 Å². The van der Waals surface area contributed by atoms with Gasteiger partial charge in [0.1, 0.15) is 5.75 Å². The van der Waals surface area contributed by atoms with Gasteiger partial charge in [-0.3, -0.25) is 9.59 Å². The first-order valence-electron chi connectivity index (χ1n) is 6.10. The van der Waals surface area contributed by atoms with Crippen molar-refractivity contribution in [3.63, 3.8) is 0 Å². The lowest BCUT2D eigenvalue weighted by Crippen LogP contribution is -2.34. The Balaban J connectivity index is 2.20. The molecule has 1 aromatic heterocycles. The molecular formula is C14H16N2O3. The number of carbonyl (C=O) groups is 1. The Kier molecular flexibility index (Phi) is 3.85. The van der Waals surface area contributed by atoms with Crippen molar-refractivity contribution >= 4 is 16.7 Å². The number of hydrogen-bond acceptors (Lipinski definition) is 3. The van der Waals surface area contributed by atoms with Gasteiger partial charge in [-0.2, -0.15) is 0 Å². The fraction of sp³-hybridized carbons (Fsp3) is 0.286. The van der Waals surface area contributed by atoms with Gasteiger partial charge in [-0.15, -0.1) is 0 Å². The fourth-order valence-electron chi connectivity index (χ4n) is 1.83. The Morgan fingerprint density at radius 2 is 2.11 bits per heavy atom. The van der Waals surface area contributed by atoms with E-state index in [1.54, 1.807) is 30.5 Å². The van der Waals surface area contributed by atoms with Crippen LogP contribution in [0, 0.1) is 0 Å². The van der Waals surface area contributed by atoms with Crippen LogP contribution in [0.1, 0.15) is 13.8 Å². The SMILES string of the molecule is CC(C)NC(=O)COc1cccc2c(=O)[nH]ccc12. The van der Waals surface area contributed by atoms with Crippen molar-refractivity contribution in [3.05, 3.63) is 40.8 Å². The van der Waals surface area contributed by atoms with E-state index in [4.69, 9.17) is 4.74 Å². The summed E-state index contributed by atoms with van der Waals surface area (Å²) in [6.45, 7) is 3.70. The molecule has 0 radical (unpaired) electrons. The highest BCUT2D eigenvalue weighted by Gasteiger charge is 2.07. The van der Waals surface area contributed by atoms with Crippen LogP contribution >= 0.6 is 0 Å². The van der Waals surface area contributed by atoms with Gasteiger partial charge in [-0.1, -0.05) is 6.07 Å². The van der Waals surface area contributed by atoms with E-state index >= 15 is 0 Å². The summed E-state index contributed by atoms with van der Waals surface area (Å²) in [6, 6.07) is 7.02. The monoisotopic (exact) mass is 260 g/mol. The first-order chi connectivity index (χ1) is 9.08. The molecule has 5 heteroatoms. The largest absolute Gasteiger partial charge is 0.483 e. The summed E-state index contributed by atoms with van der Waals surface area (Å²) in [4.78, 5) is 25.8. The second-order valence-corrected chi connectivity index (χ2v) is 4.54. The minimum Gasteiger partial charge on any atom is -0.483 e. The zero-order chi connectivity index (χ0) is 13.8. The number of benzene rings is 1. The van der Waals surface area contributed by atoms with E-state index in [1.165, 1.54) is 0 Å². The molecule has 0 spiro atoms. The Morgan fingerprint density at radius 1 is 1.32 bits per heavy atom. The van der Waals surface area contributed by atoms with Gasteiger partial charge in [0.15, 0.2) is 6.61 Å². The molecule has 5 nitrogen and oxygen atoms in total. The lowest BCUT2D eigenvalue weighted by molar-refractivity contribution is -0.123. The number of aromatic amines is 1. The van der Waals surface area contributed by atoms with Crippen LogP contribution in [0.25, 0.3) is 10.8 Å². The molecule has 0 aliphatic rings. The topological polar surface area (TPSA) is 71.2 Å². The number of hydrogen-bond donors (Lipinski definition) is 2. The molecule has 0 bridgehead atoms. The highest BCUT2D eigenvalue weighted by atomic mass is 16.5. The van der Waals surface area contributed by atoms with Gasteiger partial charge in [0.05, 0.1) is 5.39 Å². The van der Waals surface area contributed by atoms with E-state index < -0.39 is 0 Å². The molecule has 19 heavy (non-hydrogen) atoms. The predicted molar refractivity (Wildman–Crippen MR) is 73.3 cm³/mol. The van der Waals surface area contributed by atoms with Crippen LogP contribution in [0.5, 0.6) is 5.75 Å². The maximum atomic E-state index is 11.6. The minimum atomic E-state index is -0.183. The number of fused-ring (bicyclic) bond motifs is 1. The number of pyridine rings is 1. The van der Waals surface area contributed by atoms with Crippen molar-refractivity contribution in [3.8, 4) is 5.75 Å². The van der Waals surface area contributed by atoms with Gasteiger partial charge in [-0.25, -0.2) is 0 Å². The number of carbonyl (C=O) groups excluding carboxylic acids is 1. The Morgan fingerprint density at radius 3 is 2.84 bits per heavy atom. The molecule has 0 aliphatic carbocycles. The van der Waals surface area contributed by atoms with Crippen molar-refractivity contribution in [1.82, 2.24) is 10.3 Å². The molecule has 100 valence electrons. The summed E-state index contributed by atoms with van der Waals surface area (Å²) in [7, 11) is 0. The summed E-state index contributed by atoms with van der Waals surface area (Å²) in [5.41, 5.74) is -0.172. The number of H-pyrrole nitrogens is 1. The summed E-state index contributed by atoms with van der Waals surface area (Å²) < 4.78 is 5.47. The zero-order valence-electron chi connectivity index (χ0n) is 10.9. The van der Waals surface area contributed by atoms with Crippen LogP contribution in [0.4, 0.5) is 0 Å². The molecule has 1 aromatic carbocycles. The summed E-state index contributed by atoms with van der Waals surface area (Å²) in [6.07, 6.45) is 1.56. The highest BCUT2D eigenvalue weighted by molar-refractivity contribution is 5.87. The Hall–Kier alpha value is -2.30. The third-order valence-electron chi connectivity index (χ3n) is 2.58. The predicted octanol–water partition coefficient (Wildman–Crippen LogP) is 1.43. The second-order valence-electron chi connectivity index (χ2n) is 4.54. The standard InChI is InChI=1S/C14H16N2O3/c1-9(2)16-13(17)8-19-12-5-3-4-11-10(12)6-7-15-14(11)18/h3-7,9H,8H2,1-2H3,(H,15,18)(H,16,17). The number of amides is 1. The Bertz CT molecular complexity index is 646. The third-order valence-corrected chi connectivity index (χ3v) is 2.58. The molecule has 0 unspecified atom stereocenters. The second kappa shape index (κ2) is 5.56. The maximum absolute atomic E-state index is 11.6. The minimum absolute atomic E-state index is 0.0654. The number of rotatable bonds is 4. The van der Waals surface area contributed by atoms with Crippen LogP contribution in [0.3, 0.4) is 0 Å². The molecule has 2 rings (SSSR count). The number of aromatic nitrogens is 1. The van der Waals surface area contributed by atoms with Gasteiger partial charge in [0.2, 0.25) is 0 Å². The summed E-state index contributed by atoms with van der Waals surface area (Å²) in [5.74, 6) is 0.347. The molecule has 0 fully saturated rings. The van der Waals surface area contributed by atoms with Gasteiger partial charge in [-0.05, 0) is 32.0 Å². The number of nitrogens with one attached hydrogen (secondary N) is 2. The molecular weight excluding hydrogens is 244 g/mol. The molecule has 0 saturated carbocycles. The Labute approximate surface area is 110 Å². The van der Waals surface area contributed by atoms with Gasteiger partial charge in [0.25, 0.3) is 11.5 Å². The van der Waals surface area contributed by atoms with E-state index in [0.717, 1.165) is 0 Å². The van der Waals surface area contributed by atoms with Crippen molar-refractivity contribution in [2.24, 2.45) is 0 Å².